The number of benzene rings is 3. The van der Waals surface area contributed by atoms with Crippen molar-refractivity contribution in [2.24, 2.45) is 0 Å². The number of fused-ring (bicyclic) bond motifs is 2. The van der Waals surface area contributed by atoms with Crippen molar-refractivity contribution in [2.45, 2.75) is 41.5 Å². The average Bonchev–Trinajstić information content (AvgIpc) is 2.80. The maximum Gasteiger partial charge on any atom is 0.298 e. The second kappa shape index (κ2) is 9.89. The van der Waals surface area contributed by atoms with Crippen molar-refractivity contribution < 1.29 is 53.6 Å². The first kappa shape index (κ1) is 30.1. The van der Waals surface area contributed by atoms with Crippen LogP contribution in [0.4, 0.5) is 17.1 Å². The molecule has 3 aromatic rings. The van der Waals surface area contributed by atoms with Gasteiger partial charge in [0.1, 0.15) is 15.5 Å². The number of hydrogen-bond donors (Lipinski definition) is 6. The van der Waals surface area contributed by atoms with E-state index in [1.54, 1.807) is 13.8 Å². The normalized spacial score (nSPS) is 13.6. The summed E-state index contributed by atoms with van der Waals surface area (Å²) in [4.78, 5) is 24.6. The van der Waals surface area contributed by atoms with Gasteiger partial charge in [-0.05, 0) is 62.7 Å². The highest BCUT2D eigenvalue weighted by atomic mass is 32.2. The number of anilines is 3. The molecular weight excluding hydrogens is 604 g/mol. The molecule has 0 unspecified atom stereocenters. The van der Waals surface area contributed by atoms with Crippen LogP contribution in [0.1, 0.15) is 51.3 Å². The third-order valence-corrected chi connectivity index (χ3v) is 8.87. The molecule has 0 fully saturated rings. The van der Waals surface area contributed by atoms with Gasteiger partial charge in [-0.1, -0.05) is 0 Å². The Balaban J connectivity index is 2.03. The molecule has 0 saturated heterocycles. The summed E-state index contributed by atoms with van der Waals surface area (Å²) in [6, 6.07) is 5.55. The van der Waals surface area contributed by atoms with E-state index in [0.29, 0.717) is 6.07 Å². The van der Waals surface area contributed by atoms with E-state index in [1.165, 1.54) is 19.1 Å². The highest BCUT2D eigenvalue weighted by Crippen LogP contribution is 2.43. The Bertz CT molecular complexity index is 2000. The van der Waals surface area contributed by atoms with E-state index < -0.39 is 79.2 Å². The quantitative estimate of drug-likeness (QED) is 0.162. The molecule has 0 amide bonds. The molecule has 1 aliphatic rings. The second-order valence-electron chi connectivity index (χ2n) is 9.37. The predicted molar refractivity (Wildman–Crippen MR) is 144 cm³/mol. The number of rotatable bonds is 7. The van der Waals surface area contributed by atoms with E-state index in [4.69, 9.17) is 0 Å². The molecule has 0 aliphatic heterocycles. The Hall–Kier alpha value is -3.87. The lowest BCUT2D eigenvalue weighted by atomic mass is 9.81. The fourth-order valence-corrected chi connectivity index (χ4v) is 6.52. The van der Waals surface area contributed by atoms with Crippen molar-refractivity contribution >= 4 is 59.0 Å². The van der Waals surface area contributed by atoms with Crippen molar-refractivity contribution in [3.8, 4) is 5.75 Å². The molecular formula is C24H22N2O12S3. The predicted octanol–water partition coefficient (Wildman–Crippen LogP) is 2.78. The van der Waals surface area contributed by atoms with Crippen LogP contribution in [0.2, 0.25) is 0 Å². The maximum absolute atomic E-state index is 13.8. The Morgan fingerprint density at radius 1 is 0.659 bits per heavy atom. The Morgan fingerprint density at radius 3 is 1.73 bits per heavy atom. The van der Waals surface area contributed by atoms with E-state index in [-0.39, 0.29) is 34.1 Å². The molecule has 4 rings (SSSR count). The zero-order valence-corrected chi connectivity index (χ0v) is 23.8. The zero-order valence-electron chi connectivity index (χ0n) is 21.3. The van der Waals surface area contributed by atoms with Crippen LogP contribution in [0.15, 0.2) is 51.1 Å². The van der Waals surface area contributed by atoms with Gasteiger partial charge in [0, 0.05) is 17.3 Å². The molecule has 0 spiro atoms. The van der Waals surface area contributed by atoms with Crippen LogP contribution in [-0.4, -0.2) is 61.6 Å². The molecule has 218 valence electrons. The van der Waals surface area contributed by atoms with Crippen LogP contribution in [0.25, 0.3) is 0 Å². The smallest absolute Gasteiger partial charge is 0.298 e. The molecule has 0 bridgehead atoms. The summed E-state index contributed by atoms with van der Waals surface area (Å²) in [7, 11) is -15.1. The number of aromatic hydroxyl groups is 1. The van der Waals surface area contributed by atoms with Gasteiger partial charge in [-0.25, -0.2) is 0 Å². The molecule has 17 heteroatoms. The number of carbonyl (C=O) groups excluding carboxylic acids is 2. The number of phenols is 1. The summed E-state index contributed by atoms with van der Waals surface area (Å²) in [6.07, 6.45) is 0. The van der Waals surface area contributed by atoms with Crippen molar-refractivity contribution in [1.29, 1.82) is 0 Å². The van der Waals surface area contributed by atoms with Gasteiger partial charge < -0.3 is 15.7 Å². The highest BCUT2D eigenvalue weighted by Gasteiger charge is 2.38. The lowest BCUT2D eigenvalue weighted by Gasteiger charge is -2.26. The lowest BCUT2D eigenvalue weighted by Crippen LogP contribution is -2.26. The van der Waals surface area contributed by atoms with E-state index in [1.807, 2.05) is 0 Å². The van der Waals surface area contributed by atoms with Crippen LogP contribution in [-0.2, 0) is 30.4 Å². The standard InChI is InChI=1S/C24H22N2O12S3/c1-10(2)25-13-5-6-14(26-15-8-11(3)17(40(33,34)35)9-18(15)41(36,37)38)21-20(13)22(27)12-4-7-16(39(30,31)32)23(28)19(12)24(21)29/h4-10,25-26,28H,1-3H3,(H,30,31,32)(H,33,34,35)(H,36,37,38). The van der Waals surface area contributed by atoms with Gasteiger partial charge in [-0.15, -0.1) is 0 Å². The molecule has 0 saturated carbocycles. The number of aryl methyl sites for hydroxylation is 1. The summed E-state index contributed by atoms with van der Waals surface area (Å²) >= 11 is 0. The van der Waals surface area contributed by atoms with Gasteiger partial charge in [0.05, 0.1) is 33.0 Å². The lowest BCUT2D eigenvalue weighted by molar-refractivity contribution is 0.0977. The zero-order chi connectivity index (χ0) is 30.8. The molecule has 0 radical (unpaired) electrons. The third-order valence-electron chi connectivity index (χ3n) is 6.10. The minimum Gasteiger partial charge on any atom is -0.506 e. The summed E-state index contributed by atoms with van der Waals surface area (Å²) in [6.45, 7) is 4.69. The van der Waals surface area contributed by atoms with Crippen molar-refractivity contribution in [3.05, 3.63) is 64.2 Å². The molecule has 3 aromatic carbocycles. The maximum atomic E-state index is 13.8. The van der Waals surface area contributed by atoms with Gasteiger partial charge in [0.2, 0.25) is 0 Å². The van der Waals surface area contributed by atoms with Crippen LogP contribution < -0.4 is 10.6 Å². The van der Waals surface area contributed by atoms with E-state index in [2.05, 4.69) is 10.6 Å². The summed E-state index contributed by atoms with van der Waals surface area (Å²) in [5.74, 6) is -3.09. The Labute approximate surface area is 234 Å². The first-order valence-corrected chi connectivity index (χ1v) is 15.8. The van der Waals surface area contributed by atoms with Crippen LogP contribution in [0.3, 0.4) is 0 Å². The van der Waals surface area contributed by atoms with Crippen molar-refractivity contribution in [3.63, 3.8) is 0 Å². The van der Waals surface area contributed by atoms with Crippen LogP contribution in [0, 0.1) is 6.92 Å². The minimum atomic E-state index is -5.14. The highest BCUT2D eigenvalue weighted by molar-refractivity contribution is 7.87. The summed E-state index contributed by atoms with van der Waals surface area (Å²) < 4.78 is 100.0. The van der Waals surface area contributed by atoms with Gasteiger partial charge in [-0.2, -0.15) is 25.3 Å². The largest absolute Gasteiger partial charge is 0.506 e. The fraction of sp³-hybridized carbons (Fsp3) is 0.167. The molecule has 6 N–H and O–H groups in total. The first-order chi connectivity index (χ1) is 18.7. The van der Waals surface area contributed by atoms with Gasteiger partial charge in [-0.3, -0.25) is 23.2 Å². The minimum absolute atomic E-state index is 0.155. The van der Waals surface area contributed by atoms with Gasteiger partial charge >= 0.3 is 0 Å². The summed E-state index contributed by atoms with van der Waals surface area (Å²) in [5, 5.41) is 16.2. The second-order valence-corrected chi connectivity index (χ2v) is 13.5. The van der Waals surface area contributed by atoms with Crippen molar-refractivity contribution in [2.75, 3.05) is 10.6 Å². The molecule has 1 aliphatic carbocycles. The molecule has 14 nitrogen and oxygen atoms in total. The number of phenolic OH excluding ortho intramolecular Hbond substituents is 1. The van der Waals surface area contributed by atoms with Crippen LogP contribution >= 0.6 is 0 Å². The van der Waals surface area contributed by atoms with Crippen LogP contribution in [0.5, 0.6) is 5.75 Å². The number of nitrogens with one attached hydrogen (secondary N) is 2. The SMILES string of the molecule is Cc1cc(Nc2ccc(NC(C)C)c3c2C(=O)c2c(ccc(S(=O)(=O)O)c2O)C3=O)c(S(=O)(=O)O)cc1S(=O)(=O)O. The first-order valence-electron chi connectivity index (χ1n) is 11.5. The molecule has 0 aromatic heterocycles. The number of carbonyl (C=O) groups is 2. The van der Waals surface area contributed by atoms with Gasteiger partial charge in [0.25, 0.3) is 30.4 Å². The fourth-order valence-electron chi connectivity index (χ4n) is 4.47. The van der Waals surface area contributed by atoms with Gasteiger partial charge in [0.15, 0.2) is 11.6 Å². The number of hydrogen-bond acceptors (Lipinski definition) is 11. The Morgan fingerprint density at radius 2 is 1.20 bits per heavy atom. The van der Waals surface area contributed by atoms with E-state index in [0.717, 1.165) is 18.2 Å². The topological polar surface area (TPSA) is 242 Å². The van der Waals surface area contributed by atoms with E-state index >= 15 is 0 Å². The molecule has 0 atom stereocenters. The van der Waals surface area contributed by atoms with Crippen molar-refractivity contribution in [1.82, 2.24) is 0 Å². The third kappa shape index (κ3) is 5.42. The monoisotopic (exact) mass is 626 g/mol. The summed E-state index contributed by atoms with van der Waals surface area (Å²) in [5.41, 5.74) is -2.47. The number of ketones is 2. The average molecular weight is 627 g/mol. The van der Waals surface area contributed by atoms with E-state index in [9.17, 15) is 53.6 Å². The Kier molecular flexibility index (Phi) is 7.26. The molecule has 41 heavy (non-hydrogen) atoms. The molecule has 0 heterocycles.